The molecule has 0 radical (unpaired) electrons. The molecule has 0 aromatic carbocycles. The van der Waals surface area contributed by atoms with Gasteiger partial charge in [-0.25, -0.2) is 13.2 Å². The number of rotatable bonds is 5. The SMILES string of the molecule is CN(CC1CC1)S(=O)(=O)c1cc(C(=O)O)cs1. The quantitative estimate of drug-likeness (QED) is 0.883. The van der Waals surface area contributed by atoms with E-state index in [0.29, 0.717) is 12.5 Å². The second-order valence-electron chi connectivity index (χ2n) is 4.19. The molecule has 2 rings (SSSR count). The molecule has 1 fully saturated rings. The Morgan fingerprint density at radius 3 is 2.71 bits per heavy atom. The number of carboxylic acids is 1. The molecule has 0 saturated heterocycles. The number of thiophene rings is 1. The molecule has 1 N–H and O–H groups in total. The predicted molar refractivity (Wildman–Crippen MR) is 63.8 cm³/mol. The lowest BCUT2D eigenvalue weighted by Crippen LogP contribution is -2.28. The number of carboxylic acid groups (broad SMARTS) is 1. The van der Waals surface area contributed by atoms with Gasteiger partial charge in [0.25, 0.3) is 10.0 Å². The summed E-state index contributed by atoms with van der Waals surface area (Å²) in [4.78, 5) is 10.7. The third-order valence-electron chi connectivity index (χ3n) is 2.70. The summed E-state index contributed by atoms with van der Waals surface area (Å²) < 4.78 is 25.6. The lowest BCUT2D eigenvalue weighted by atomic mass is 10.4. The molecule has 94 valence electrons. The van der Waals surface area contributed by atoms with E-state index in [-0.39, 0.29) is 9.77 Å². The molecule has 0 spiro atoms. The van der Waals surface area contributed by atoms with Crippen LogP contribution < -0.4 is 0 Å². The molecule has 0 unspecified atom stereocenters. The summed E-state index contributed by atoms with van der Waals surface area (Å²) in [5.74, 6) is -0.638. The fourth-order valence-corrected chi connectivity index (χ4v) is 4.09. The number of aromatic carboxylic acids is 1. The first-order chi connectivity index (χ1) is 7.91. The van der Waals surface area contributed by atoms with E-state index in [9.17, 15) is 13.2 Å². The van der Waals surface area contributed by atoms with Crippen LogP contribution in [-0.2, 0) is 10.0 Å². The zero-order valence-electron chi connectivity index (χ0n) is 9.29. The van der Waals surface area contributed by atoms with Crippen molar-refractivity contribution in [3.05, 3.63) is 17.0 Å². The van der Waals surface area contributed by atoms with Crippen molar-refractivity contribution in [3.8, 4) is 0 Å². The summed E-state index contributed by atoms with van der Waals surface area (Å²) in [6, 6.07) is 1.21. The second-order valence-corrected chi connectivity index (χ2v) is 7.37. The molecule has 5 nitrogen and oxygen atoms in total. The topological polar surface area (TPSA) is 74.7 Å². The smallest absolute Gasteiger partial charge is 0.336 e. The third-order valence-corrected chi connectivity index (χ3v) is 5.94. The normalized spacial score (nSPS) is 16.4. The minimum atomic E-state index is -3.52. The van der Waals surface area contributed by atoms with Crippen LogP contribution in [0.2, 0.25) is 0 Å². The van der Waals surface area contributed by atoms with Crippen molar-refractivity contribution < 1.29 is 18.3 Å². The van der Waals surface area contributed by atoms with E-state index in [1.54, 1.807) is 0 Å². The minimum absolute atomic E-state index is 0.0217. The summed E-state index contributed by atoms with van der Waals surface area (Å²) in [5.41, 5.74) is 0.0217. The molecule has 1 aromatic rings. The monoisotopic (exact) mass is 275 g/mol. The van der Waals surface area contributed by atoms with Crippen molar-refractivity contribution in [3.63, 3.8) is 0 Å². The molecule has 1 saturated carbocycles. The van der Waals surface area contributed by atoms with Gasteiger partial charge in [0, 0.05) is 19.0 Å². The predicted octanol–water partition coefficient (Wildman–Crippen LogP) is 1.48. The number of hydrogen-bond donors (Lipinski definition) is 1. The molecule has 1 aliphatic carbocycles. The van der Waals surface area contributed by atoms with Crippen molar-refractivity contribution in [2.75, 3.05) is 13.6 Å². The molecule has 1 heterocycles. The minimum Gasteiger partial charge on any atom is -0.478 e. The summed E-state index contributed by atoms with van der Waals surface area (Å²) in [7, 11) is -1.98. The lowest BCUT2D eigenvalue weighted by Gasteiger charge is -2.15. The Labute approximate surface area is 104 Å². The Bertz CT molecular complexity index is 530. The van der Waals surface area contributed by atoms with Gasteiger partial charge < -0.3 is 5.11 Å². The molecule has 0 bridgehead atoms. The number of carbonyl (C=O) groups is 1. The highest BCUT2D eigenvalue weighted by Crippen LogP contribution is 2.32. The second kappa shape index (κ2) is 4.40. The van der Waals surface area contributed by atoms with E-state index in [0.717, 1.165) is 24.2 Å². The first kappa shape index (κ1) is 12.5. The van der Waals surface area contributed by atoms with Gasteiger partial charge in [0.2, 0.25) is 0 Å². The number of nitrogens with zero attached hydrogens (tertiary/aromatic N) is 1. The van der Waals surface area contributed by atoms with Gasteiger partial charge in [-0.2, -0.15) is 4.31 Å². The Balaban J connectivity index is 2.20. The van der Waals surface area contributed by atoms with Gasteiger partial charge in [-0.3, -0.25) is 0 Å². The fourth-order valence-electron chi connectivity index (χ4n) is 1.48. The summed E-state index contributed by atoms with van der Waals surface area (Å²) in [5, 5.41) is 10.1. The van der Waals surface area contributed by atoms with Gasteiger partial charge in [0.15, 0.2) is 0 Å². The first-order valence-electron chi connectivity index (χ1n) is 5.19. The van der Waals surface area contributed by atoms with Gasteiger partial charge >= 0.3 is 5.97 Å². The zero-order chi connectivity index (χ0) is 12.6. The van der Waals surface area contributed by atoms with E-state index in [2.05, 4.69) is 0 Å². The molecule has 0 amide bonds. The molecular formula is C10H13NO4S2. The maximum atomic E-state index is 12.1. The average molecular weight is 275 g/mol. The molecular weight excluding hydrogens is 262 g/mol. The summed E-state index contributed by atoms with van der Waals surface area (Å²) >= 11 is 0.950. The first-order valence-corrected chi connectivity index (χ1v) is 7.51. The van der Waals surface area contributed by atoms with E-state index in [4.69, 9.17) is 5.11 Å². The van der Waals surface area contributed by atoms with Crippen molar-refractivity contribution in [1.82, 2.24) is 4.31 Å². The van der Waals surface area contributed by atoms with E-state index in [1.165, 1.54) is 22.8 Å². The van der Waals surface area contributed by atoms with Crippen LogP contribution in [0.5, 0.6) is 0 Å². The van der Waals surface area contributed by atoms with Crippen molar-refractivity contribution in [2.24, 2.45) is 5.92 Å². The van der Waals surface area contributed by atoms with Crippen molar-refractivity contribution in [1.29, 1.82) is 0 Å². The number of hydrogen-bond acceptors (Lipinski definition) is 4. The number of sulfonamides is 1. The van der Waals surface area contributed by atoms with Crippen LogP contribution in [0.1, 0.15) is 23.2 Å². The summed E-state index contributed by atoms with van der Waals surface area (Å²) in [6.07, 6.45) is 2.15. The van der Waals surface area contributed by atoms with Gasteiger partial charge in [-0.05, 0) is 24.8 Å². The van der Waals surface area contributed by atoms with Crippen LogP contribution in [0.25, 0.3) is 0 Å². The molecule has 0 atom stereocenters. The molecule has 7 heteroatoms. The molecule has 1 aliphatic rings. The van der Waals surface area contributed by atoms with Crippen LogP contribution in [0.3, 0.4) is 0 Å². The van der Waals surface area contributed by atoms with Gasteiger partial charge in [-0.15, -0.1) is 11.3 Å². The van der Waals surface area contributed by atoms with Gasteiger partial charge in [0.1, 0.15) is 4.21 Å². The van der Waals surface area contributed by atoms with Crippen LogP contribution in [-0.4, -0.2) is 37.4 Å². The maximum Gasteiger partial charge on any atom is 0.336 e. The molecule has 17 heavy (non-hydrogen) atoms. The Hall–Kier alpha value is -0.920. The maximum absolute atomic E-state index is 12.1. The van der Waals surface area contributed by atoms with E-state index < -0.39 is 16.0 Å². The van der Waals surface area contributed by atoms with Crippen LogP contribution in [0.15, 0.2) is 15.7 Å². The van der Waals surface area contributed by atoms with Gasteiger partial charge in [0.05, 0.1) is 5.56 Å². The van der Waals surface area contributed by atoms with Crippen molar-refractivity contribution in [2.45, 2.75) is 17.1 Å². The zero-order valence-corrected chi connectivity index (χ0v) is 10.9. The highest BCUT2D eigenvalue weighted by atomic mass is 32.2. The molecule has 0 aliphatic heterocycles. The Morgan fingerprint density at radius 2 is 2.24 bits per heavy atom. The van der Waals surface area contributed by atoms with E-state index >= 15 is 0 Å². The summed E-state index contributed by atoms with van der Waals surface area (Å²) in [6.45, 7) is 0.517. The fraction of sp³-hybridized carbons (Fsp3) is 0.500. The van der Waals surface area contributed by atoms with Gasteiger partial charge in [-0.1, -0.05) is 0 Å². The highest BCUT2D eigenvalue weighted by molar-refractivity contribution is 7.91. The third kappa shape index (κ3) is 2.67. The molecule has 1 aromatic heterocycles. The highest BCUT2D eigenvalue weighted by Gasteiger charge is 2.30. The largest absolute Gasteiger partial charge is 0.478 e. The standard InChI is InChI=1S/C10H13NO4S2/c1-11(5-7-2-3-7)17(14,15)9-4-8(6-16-9)10(12)13/h4,6-7H,2-3,5H2,1H3,(H,12,13). The van der Waals surface area contributed by atoms with Crippen LogP contribution in [0.4, 0.5) is 0 Å². The lowest BCUT2D eigenvalue weighted by molar-refractivity contribution is 0.0697. The Morgan fingerprint density at radius 1 is 1.59 bits per heavy atom. The average Bonchev–Trinajstić information content (AvgIpc) is 2.91. The van der Waals surface area contributed by atoms with Crippen LogP contribution >= 0.6 is 11.3 Å². The van der Waals surface area contributed by atoms with Crippen LogP contribution in [0, 0.1) is 5.92 Å². The Kier molecular flexibility index (Phi) is 3.24. The van der Waals surface area contributed by atoms with Crippen molar-refractivity contribution >= 4 is 27.3 Å². The van der Waals surface area contributed by atoms with E-state index in [1.807, 2.05) is 0 Å².